The summed E-state index contributed by atoms with van der Waals surface area (Å²) in [5, 5.41) is 0. The van der Waals surface area contributed by atoms with E-state index in [1.807, 2.05) is 0 Å². The van der Waals surface area contributed by atoms with Crippen molar-refractivity contribution in [2.75, 3.05) is 19.8 Å². The number of rotatable bonds is 9. The Morgan fingerprint density at radius 3 is 2.35 bits per heavy atom. The van der Waals surface area contributed by atoms with Gasteiger partial charge in [0, 0.05) is 26.2 Å². The van der Waals surface area contributed by atoms with Gasteiger partial charge in [0.05, 0.1) is 6.10 Å². The lowest BCUT2D eigenvalue weighted by Crippen LogP contribution is -2.36. The minimum absolute atomic E-state index is 0.151. The largest absolute Gasteiger partial charge is 0.453 e. The summed E-state index contributed by atoms with van der Waals surface area (Å²) in [7, 11) is 0. The quantitative estimate of drug-likeness (QED) is 0.466. The minimum Gasteiger partial charge on any atom is -0.381 e. The van der Waals surface area contributed by atoms with E-state index in [1.54, 1.807) is 0 Å². The van der Waals surface area contributed by atoms with Crippen LogP contribution in [-0.2, 0) is 9.47 Å². The monoisotopic (exact) mass is 304 g/mol. The molecule has 20 heavy (non-hydrogen) atoms. The molecule has 1 heterocycles. The molecule has 1 atom stereocenters. The van der Waals surface area contributed by atoms with Crippen molar-refractivity contribution in [3.8, 4) is 0 Å². The highest BCUT2D eigenvalue weighted by Gasteiger charge is 2.56. The molecule has 1 rings (SSSR count). The van der Waals surface area contributed by atoms with E-state index in [2.05, 4.69) is 0 Å². The SMILES string of the molecule is FC(F)(F)C(F)(F)CCCCCOCCC1CCCO1. The number of hydrogen-bond donors (Lipinski definition) is 0. The van der Waals surface area contributed by atoms with Crippen LogP contribution in [0.5, 0.6) is 0 Å². The third kappa shape index (κ3) is 6.35. The van der Waals surface area contributed by atoms with Crippen LogP contribution in [0.1, 0.15) is 44.9 Å². The lowest BCUT2D eigenvalue weighted by molar-refractivity contribution is -0.284. The summed E-state index contributed by atoms with van der Waals surface area (Å²) < 4.78 is 71.4. The van der Waals surface area contributed by atoms with Gasteiger partial charge in [-0.05, 0) is 32.1 Å². The number of hydrogen-bond acceptors (Lipinski definition) is 2. The summed E-state index contributed by atoms with van der Waals surface area (Å²) >= 11 is 0. The third-order valence-corrected chi connectivity index (χ3v) is 3.30. The van der Waals surface area contributed by atoms with Crippen molar-refractivity contribution >= 4 is 0 Å². The summed E-state index contributed by atoms with van der Waals surface area (Å²) in [4.78, 5) is 0. The smallest absolute Gasteiger partial charge is 0.381 e. The van der Waals surface area contributed by atoms with Crippen LogP contribution >= 0.6 is 0 Å². The Morgan fingerprint density at radius 1 is 1.00 bits per heavy atom. The standard InChI is InChI=1S/C13H21F5O2/c14-12(15,13(16,17)18)7-2-1-3-8-19-10-6-11-5-4-9-20-11/h11H,1-10H2. The van der Waals surface area contributed by atoms with E-state index >= 15 is 0 Å². The molecule has 0 bridgehead atoms. The van der Waals surface area contributed by atoms with Crippen molar-refractivity contribution < 1.29 is 31.4 Å². The van der Waals surface area contributed by atoms with Gasteiger partial charge in [-0.2, -0.15) is 22.0 Å². The molecule has 0 saturated carbocycles. The molecule has 1 saturated heterocycles. The molecule has 0 aromatic carbocycles. The zero-order chi connectivity index (χ0) is 15.1. The van der Waals surface area contributed by atoms with Gasteiger partial charge >= 0.3 is 12.1 Å². The fourth-order valence-corrected chi connectivity index (χ4v) is 2.06. The van der Waals surface area contributed by atoms with Crippen LogP contribution in [0, 0.1) is 0 Å². The Labute approximate surface area is 115 Å². The van der Waals surface area contributed by atoms with Gasteiger partial charge in [0.15, 0.2) is 0 Å². The first-order chi connectivity index (χ1) is 9.33. The molecular weight excluding hydrogens is 283 g/mol. The van der Waals surface area contributed by atoms with Crippen LogP contribution in [0.2, 0.25) is 0 Å². The average Bonchev–Trinajstić information content (AvgIpc) is 2.84. The van der Waals surface area contributed by atoms with Gasteiger partial charge in [0.25, 0.3) is 0 Å². The molecule has 120 valence electrons. The second-order valence-corrected chi connectivity index (χ2v) is 5.05. The maximum Gasteiger partial charge on any atom is 0.453 e. The minimum atomic E-state index is -5.44. The fraction of sp³-hybridized carbons (Fsp3) is 1.00. The first kappa shape index (κ1) is 17.6. The highest BCUT2D eigenvalue weighted by Crippen LogP contribution is 2.39. The maximum absolute atomic E-state index is 12.6. The molecular formula is C13H21F5O2. The zero-order valence-electron chi connectivity index (χ0n) is 11.4. The van der Waals surface area contributed by atoms with E-state index in [4.69, 9.17) is 9.47 Å². The van der Waals surface area contributed by atoms with Crippen molar-refractivity contribution in [2.24, 2.45) is 0 Å². The Kier molecular flexibility index (Phi) is 7.15. The summed E-state index contributed by atoms with van der Waals surface area (Å²) in [5.74, 6) is -4.58. The molecule has 1 fully saturated rings. The zero-order valence-corrected chi connectivity index (χ0v) is 11.4. The summed E-state index contributed by atoms with van der Waals surface area (Å²) in [6.07, 6.45) is -2.76. The van der Waals surface area contributed by atoms with Gasteiger partial charge < -0.3 is 9.47 Å². The first-order valence-corrected chi connectivity index (χ1v) is 6.97. The highest BCUT2D eigenvalue weighted by atomic mass is 19.4. The third-order valence-electron chi connectivity index (χ3n) is 3.30. The van der Waals surface area contributed by atoms with Crippen LogP contribution < -0.4 is 0 Å². The van der Waals surface area contributed by atoms with Gasteiger partial charge in [-0.3, -0.25) is 0 Å². The van der Waals surface area contributed by atoms with Gasteiger partial charge in [-0.1, -0.05) is 6.42 Å². The van der Waals surface area contributed by atoms with Crippen LogP contribution in [0.25, 0.3) is 0 Å². The van der Waals surface area contributed by atoms with Crippen molar-refractivity contribution in [1.29, 1.82) is 0 Å². The normalized spacial score (nSPS) is 20.6. The topological polar surface area (TPSA) is 18.5 Å². The van der Waals surface area contributed by atoms with E-state index < -0.39 is 18.5 Å². The van der Waals surface area contributed by atoms with Gasteiger partial charge in [0.1, 0.15) is 0 Å². The summed E-state index contributed by atoms with van der Waals surface area (Å²) in [6.45, 7) is 1.73. The van der Waals surface area contributed by atoms with Crippen molar-refractivity contribution in [3.05, 3.63) is 0 Å². The summed E-state index contributed by atoms with van der Waals surface area (Å²) in [5.41, 5.74) is 0. The van der Waals surface area contributed by atoms with E-state index in [-0.39, 0.29) is 12.5 Å². The summed E-state index contributed by atoms with van der Waals surface area (Å²) in [6, 6.07) is 0. The molecule has 1 aliphatic rings. The van der Waals surface area contributed by atoms with Crippen LogP contribution in [0.4, 0.5) is 22.0 Å². The predicted octanol–water partition coefficient (Wildman–Crippen LogP) is 4.33. The highest BCUT2D eigenvalue weighted by molar-refractivity contribution is 4.75. The van der Waals surface area contributed by atoms with Crippen LogP contribution in [0.15, 0.2) is 0 Å². The molecule has 0 aliphatic carbocycles. The Bertz CT molecular complexity index is 262. The maximum atomic E-state index is 12.6. The molecule has 0 aromatic rings. The number of unbranched alkanes of at least 4 members (excludes halogenated alkanes) is 2. The lowest BCUT2D eigenvalue weighted by atomic mass is 10.1. The molecule has 0 aromatic heterocycles. The second-order valence-electron chi connectivity index (χ2n) is 5.05. The molecule has 2 nitrogen and oxygen atoms in total. The molecule has 7 heteroatoms. The Balaban J connectivity index is 1.92. The van der Waals surface area contributed by atoms with Gasteiger partial charge in [0.2, 0.25) is 0 Å². The molecule has 1 unspecified atom stereocenters. The van der Waals surface area contributed by atoms with Crippen molar-refractivity contribution in [3.63, 3.8) is 0 Å². The lowest BCUT2D eigenvalue weighted by Gasteiger charge is -2.19. The molecule has 0 spiro atoms. The van der Waals surface area contributed by atoms with E-state index in [9.17, 15) is 22.0 Å². The number of halogens is 5. The second kappa shape index (κ2) is 8.12. The molecule has 0 N–H and O–H groups in total. The van der Waals surface area contributed by atoms with E-state index in [0.29, 0.717) is 26.1 Å². The van der Waals surface area contributed by atoms with Crippen LogP contribution in [0.3, 0.4) is 0 Å². The fourth-order valence-electron chi connectivity index (χ4n) is 2.06. The average molecular weight is 304 g/mol. The number of alkyl halides is 5. The molecule has 0 radical (unpaired) electrons. The van der Waals surface area contributed by atoms with E-state index in [0.717, 1.165) is 25.9 Å². The molecule has 1 aliphatic heterocycles. The van der Waals surface area contributed by atoms with Gasteiger partial charge in [-0.25, -0.2) is 0 Å². The Hall–Kier alpha value is -0.430. The molecule has 0 amide bonds. The van der Waals surface area contributed by atoms with Crippen molar-refractivity contribution in [1.82, 2.24) is 0 Å². The van der Waals surface area contributed by atoms with Gasteiger partial charge in [-0.15, -0.1) is 0 Å². The van der Waals surface area contributed by atoms with Crippen molar-refractivity contribution in [2.45, 2.75) is 63.1 Å². The van der Waals surface area contributed by atoms with Crippen LogP contribution in [-0.4, -0.2) is 38.0 Å². The first-order valence-electron chi connectivity index (χ1n) is 6.97. The number of ether oxygens (including phenoxy) is 2. The predicted molar refractivity (Wildman–Crippen MR) is 63.9 cm³/mol. The Morgan fingerprint density at radius 2 is 1.75 bits per heavy atom. The van der Waals surface area contributed by atoms with E-state index in [1.165, 1.54) is 0 Å².